The topological polar surface area (TPSA) is 77.5 Å². The Labute approximate surface area is 148 Å². The normalized spacial score (nSPS) is 10.4. The van der Waals surface area contributed by atoms with Crippen LogP contribution in [0.2, 0.25) is 0 Å². The number of carbonyl (C=O) groups is 2. The minimum Gasteiger partial charge on any atom is -0.482 e. The molecule has 0 aliphatic heterocycles. The molecule has 0 unspecified atom stereocenters. The molecule has 0 fully saturated rings. The summed E-state index contributed by atoms with van der Waals surface area (Å²) < 4.78 is 11.3. The Morgan fingerprint density at radius 3 is 2.64 bits per heavy atom. The third-order valence-electron chi connectivity index (χ3n) is 3.34. The van der Waals surface area contributed by atoms with Crippen molar-refractivity contribution in [2.24, 2.45) is 0 Å². The second-order valence-electron chi connectivity index (χ2n) is 5.25. The van der Waals surface area contributed by atoms with E-state index in [1.54, 1.807) is 6.07 Å². The number of benzene rings is 2. The maximum atomic E-state index is 11.9. The van der Waals surface area contributed by atoms with Crippen LogP contribution in [-0.4, -0.2) is 30.1 Å². The number of nitrogens with one attached hydrogen (secondary N) is 1. The SMILES string of the molecule is Cc1ccccc1OCC(=O)OCC(=O)Nc1nc2ccccc2s1. The average Bonchev–Trinajstić information content (AvgIpc) is 3.01. The number of hydrogen-bond donors (Lipinski definition) is 1. The number of aryl methyl sites for hydroxylation is 1. The molecule has 0 atom stereocenters. The van der Waals surface area contributed by atoms with Crippen LogP contribution in [0.25, 0.3) is 10.2 Å². The average molecular weight is 356 g/mol. The predicted molar refractivity (Wildman–Crippen MR) is 95.9 cm³/mol. The highest BCUT2D eigenvalue weighted by molar-refractivity contribution is 7.22. The minimum absolute atomic E-state index is 0.251. The van der Waals surface area contributed by atoms with Crippen molar-refractivity contribution < 1.29 is 19.1 Å². The molecule has 0 aliphatic rings. The van der Waals surface area contributed by atoms with Gasteiger partial charge in [-0.05, 0) is 30.7 Å². The van der Waals surface area contributed by atoms with E-state index in [4.69, 9.17) is 9.47 Å². The van der Waals surface area contributed by atoms with Crippen molar-refractivity contribution in [1.29, 1.82) is 0 Å². The van der Waals surface area contributed by atoms with Gasteiger partial charge in [-0.1, -0.05) is 41.7 Å². The molecule has 7 heteroatoms. The summed E-state index contributed by atoms with van der Waals surface area (Å²) in [6.07, 6.45) is 0. The maximum Gasteiger partial charge on any atom is 0.344 e. The van der Waals surface area contributed by atoms with Crippen molar-refractivity contribution in [1.82, 2.24) is 4.98 Å². The van der Waals surface area contributed by atoms with Gasteiger partial charge in [-0.3, -0.25) is 10.1 Å². The lowest BCUT2D eigenvalue weighted by atomic mass is 10.2. The smallest absolute Gasteiger partial charge is 0.344 e. The van der Waals surface area contributed by atoms with E-state index in [0.717, 1.165) is 15.8 Å². The van der Waals surface area contributed by atoms with Gasteiger partial charge in [0.2, 0.25) is 0 Å². The Hall–Kier alpha value is -2.93. The number of anilines is 1. The fourth-order valence-electron chi connectivity index (χ4n) is 2.12. The zero-order valence-electron chi connectivity index (χ0n) is 13.5. The summed E-state index contributed by atoms with van der Waals surface area (Å²) in [7, 11) is 0. The summed E-state index contributed by atoms with van der Waals surface area (Å²) in [5.74, 6) is -0.440. The van der Waals surface area contributed by atoms with Crippen LogP contribution in [0.3, 0.4) is 0 Å². The number of nitrogens with zero attached hydrogens (tertiary/aromatic N) is 1. The van der Waals surface area contributed by atoms with Crippen LogP contribution in [0.15, 0.2) is 48.5 Å². The molecule has 0 saturated carbocycles. The molecule has 1 N–H and O–H groups in total. The van der Waals surface area contributed by atoms with Gasteiger partial charge in [-0.2, -0.15) is 0 Å². The Kier molecular flexibility index (Phi) is 5.25. The number of fused-ring (bicyclic) bond motifs is 1. The molecule has 0 aliphatic carbocycles. The maximum absolute atomic E-state index is 11.9. The van der Waals surface area contributed by atoms with Gasteiger partial charge in [0.05, 0.1) is 10.2 Å². The largest absolute Gasteiger partial charge is 0.482 e. The van der Waals surface area contributed by atoms with E-state index in [0.29, 0.717) is 10.9 Å². The van der Waals surface area contributed by atoms with Crippen LogP contribution in [0.4, 0.5) is 5.13 Å². The van der Waals surface area contributed by atoms with Crippen molar-refractivity contribution in [3.63, 3.8) is 0 Å². The summed E-state index contributed by atoms with van der Waals surface area (Å²) in [6, 6.07) is 14.9. The van der Waals surface area contributed by atoms with E-state index in [9.17, 15) is 9.59 Å². The second kappa shape index (κ2) is 7.76. The highest BCUT2D eigenvalue weighted by Gasteiger charge is 2.11. The molecule has 1 aromatic heterocycles. The van der Waals surface area contributed by atoms with Crippen LogP contribution in [0, 0.1) is 6.92 Å². The van der Waals surface area contributed by atoms with Gasteiger partial charge < -0.3 is 9.47 Å². The van der Waals surface area contributed by atoms with Gasteiger partial charge in [0.15, 0.2) is 18.3 Å². The number of esters is 1. The predicted octanol–water partition coefficient (Wildman–Crippen LogP) is 3.17. The van der Waals surface area contributed by atoms with Gasteiger partial charge in [-0.25, -0.2) is 9.78 Å². The number of para-hydroxylation sites is 2. The number of carbonyl (C=O) groups excluding carboxylic acids is 2. The zero-order chi connectivity index (χ0) is 17.6. The summed E-state index contributed by atoms with van der Waals surface area (Å²) in [5.41, 5.74) is 1.73. The van der Waals surface area contributed by atoms with E-state index in [1.807, 2.05) is 49.4 Å². The first-order chi connectivity index (χ1) is 12.1. The summed E-state index contributed by atoms with van der Waals surface area (Å²) in [5, 5.41) is 3.09. The molecule has 0 saturated heterocycles. The minimum atomic E-state index is -0.609. The number of amides is 1. The van der Waals surface area contributed by atoms with Crippen LogP contribution < -0.4 is 10.1 Å². The van der Waals surface area contributed by atoms with Gasteiger partial charge in [-0.15, -0.1) is 0 Å². The Bertz CT molecular complexity index is 874. The molecular weight excluding hydrogens is 340 g/mol. The van der Waals surface area contributed by atoms with Crippen molar-refractivity contribution in [3.05, 3.63) is 54.1 Å². The van der Waals surface area contributed by atoms with E-state index in [-0.39, 0.29) is 13.2 Å². The van der Waals surface area contributed by atoms with Gasteiger partial charge in [0, 0.05) is 0 Å². The quantitative estimate of drug-likeness (QED) is 0.687. The van der Waals surface area contributed by atoms with Crippen molar-refractivity contribution in [2.75, 3.05) is 18.5 Å². The van der Waals surface area contributed by atoms with E-state index >= 15 is 0 Å². The molecular formula is C18H16N2O4S. The molecule has 1 heterocycles. The Balaban J connectivity index is 1.45. The number of thiazole rings is 1. The van der Waals surface area contributed by atoms with E-state index in [1.165, 1.54) is 11.3 Å². The molecule has 0 spiro atoms. The van der Waals surface area contributed by atoms with Crippen molar-refractivity contribution >= 4 is 38.6 Å². The first-order valence-electron chi connectivity index (χ1n) is 7.61. The molecule has 6 nitrogen and oxygen atoms in total. The van der Waals surface area contributed by atoms with Crippen LogP contribution in [0.1, 0.15) is 5.56 Å². The summed E-state index contributed by atoms with van der Waals surface area (Å²) >= 11 is 1.36. The molecule has 0 bridgehead atoms. The van der Waals surface area contributed by atoms with Crippen LogP contribution in [0.5, 0.6) is 5.75 Å². The van der Waals surface area contributed by atoms with Gasteiger partial charge in [0.25, 0.3) is 5.91 Å². The molecule has 25 heavy (non-hydrogen) atoms. The van der Waals surface area contributed by atoms with Crippen LogP contribution in [-0.2, 0) is 14.3 Å². The zero-order valence-corrected chi connectivity index (χ0v) is 14.3. The van der Waals surface area contributed by atoms with Gasteiger partial charge >= 0.3 is 5.97 Å². The van der Waals surface area contributed by atoms with Crippen molar-refractivity contribution in [2.45, 2.75) is 6.92 Å². The van der Waals surface area contributed by atoms with Crippen molar-refractivity contribution in [3.8, 4) is 5.75 Å². The molecule has 3 rings (SSSR count). The highest BCUT2D eigenvalue weighted by atomic mass is 32.1. The monoisotopic (exact) mass is 356 g/mol. The number of rotatable bonds is 6. The Morgan fingerprint density at radius 1 is 1.08 bits per heavy atom. The third-order valence-corrected chi connectivity index (χ3v) is 4.30. The Morgan fingerprint density at radius 2 is 1.84 bits per heavy atom. The molecule has 0 radical (unpaired) electrons. The van der Waals surface area contributed by atoms with Gasteiger partial charge in [0.1, 0.15) is 5.75 Å². The van der Waals surface area contributed by atoms with E-state index in [2.05, 4.69) is 10.3 Å². The lowest BCUT2D eigenvalue weighted by molar-refractivity contribution is -0.149. The fourth-order valence-corrected chi connectivity index (χ4v) is 3.01. The fraction of sp³-hybridized carbons (Fsp3) is 0.167. The number of ether oxygens (including phenoxy) is 2. The second-order valence-corrected chi connectivity index (χ2v) is 6.28. The molecule has 3 aromatic rings. The molecule has 1 amide bonds. The lowest BCUT2D eigenvalue weighted by Gasteiger charge is -2.08. The molecule has 2 aromatic carbocycles. The summed E-state index contributed by atoms with van der Waals surface area (Å²) in [4.78, 5) is 27.8. The number of aromatic nitrogens is 1. The summed E-state index contributed by atoms with van der Waals surface area (Å²) in [6.45, 7) is 1.25. The standard InChI is InChI=1S/C18H16N2O4S/c1-12-6-2-4-8-14(12)23-11-17(22)24-10-16(21)20-18-19-13-7-3-5-9-15(13)25-18/h2-9H,10-11H2,1H3,(H,19,20,21). The first kappa shape index (κ1) is 16.9. The number of hydrogen-bond acceptors (Lipinski definition) is 6. The van der Waals surface area contributed by atoms with Crippen LogP contribution >= 0.6 is 11.3 Å². The highest BCUT2D eigenvalue weighted by Crippen LogP contribution is 2.25. The third kappa shape index (κ3) is 4.54. The first-order valence-corrected chi connectivity index (χ1v) is 8.43. The lowest BCUT2D eigenvalue weighted by Crippen LogP contribution is -2.23. The molecule has 128 valence electrons. The van der Waals surface area contributed by atoms with E-state index < -0.39 is 11.9 Å².